The Labute approximate surface area is 115 Å². The van der Waals surface area contributed by atoms with Crippen LogP contribution in [0.3, 0.4) is 0 Å². The maximum Gasteiger partial charge on any atom is 0.255 e. The lowest BCUT2D eigenvalue weighted by Crippen LogP contribution is -2.40. The molecule has 19 heavy (non-hydrogen) atoms. The quantitative estimate of drug-likeness (QED) is 0.830. The standard InChI is InChI=1S/C16H24N2O/c1-11-6-4-8-13(10-11)18(3)16(19)14-9-5-7-12(2)15(14)17/h5,7,9,11,13H,4,6,8,10,17H2,1-3H3. The summed E-state index contributed by atoms with van der Waals surface area (Å²) in [5.74, 6) is 0.768. The number of benzene rings is 1. The van der Waals surface area contributed by atoms with Crippen molar-refractivity contribution >= 4 is 11.6 Å². The van der Waals surface area contributed by atoms with E-state index in [0.717, 1.165) is 18.4 Å². The molecule has 0 saturated heterocycles. The summed E-state index contributed by atoms with van der Waals surface area (Å²) in [7, 11) is 1.91. The van der Waals surface area contributed by atoms with E-state index in [4.69, 9.17) is 5.73 Å². The highest BCUT2D eigenvalue weighted by Gasteiger charge is 2.26. The van der Waals surface area contributed by atoms with E-state index in [0.29, 0.717) is 23.2 Å². The number of carbonyl (C=O) groups is 1. The fourth-order valence-corrected chi connectivity index (χ4v) is 2.98. The number of hydrogen-bond donors (Lipinski definition) is 1. The Morgan fingerprint density at radius 1 is 1.37 bits per heavy atom. The Morgan fingerprint density at radius 2 is 2.11 bits per heavy atom. The molecule has 1 saturated carbocycles. The SMILES string of the molecule is Cc1cccc(C(=O)N(C)C2CCCC(C)C2)c1N. The van der Waals surface area contributed by atoms with E-state index in [1.807, 2.05) is 37.1 Å². The molecule has 1 fully saturated rings. The summed E-state index contributed by atoms with van der Waals surface area (Å²) >= 11 is 0. The zero-order chi connectivity index (χ0) is 14.0. The van der Waals surface area contributed by atoms with Gasteiger partial charge in [0.15, 0.2) is 0 Å². The van der Waals surface area contributed by atoms with E-state index in [-0.39, 0.29) is 5.91 Å². The first-order valence-corrected chi connectivity index (χ1v) is 7.13. The molecule has 2 atom stereocenters. The van der Waals surface area contributed by atoms with Gasteiger partial charge in [-0.1, -0.05) is 31.9 Å². The van der Waals surface area contributed by atoms with E-state index in [9.17, 15) is 4.79 Å². The molecule has 1 aliphatic carbocycles. The van der Waals surface area contributed by atoms with Gasteiger partial charge in [0.1, 0.15) is 0 Å². The highest BCUT2D eigenvalue weighted by Crippen LogP contribution is 2.28. The number of rotatable bonds is 2. The first-order valence-electron chi connectivity index (χ1n) is 7.13. The van der Waals surface area contributed by atoms with Crippen molar-refractivity contribution in [3.63, 3.8) is 0 Å². The monoisotopic (exact) mass is 260 g/mol. The van der Waals surface area contributed by atoms with Gasteiger partial charge in [0, 0.05) is 18.8 Å². The lowest BCUT2D eigenvalue weighted by Gasteiger charge is -2.34. The third kappa shape index (κ3) is 2.91. The fourth-order valence-electron chi connectivity index (χ4n) is 2.98. The summed E-state index contributed by atoms with van der Waals surface area (Å²) in [6, 6.07) is 6.02. The van der Waals surface area contributed by atoms with Crippen LogP contribution in [0.4, 0.5) is 5.69 Å². The van der Waals surface area contributed by atoms with Gasteiger partial charge in [-0.3, -0.25) is 4.79 Å². The van der Waals surface area contributed by atoms with Crippen LogP contribution in [0.2, 0.25) is 0 Å². The van der Waals surface area contributed by atoms with E-state index >= 15 is 0 Å². The number of nitrogens with two attached hydrogens (primary N) is 1. The van der Waals surface area contributed by atoms with Gasteiger partial charge < -0.3 is 10.6 Å². The van der Waals surface area contributed by atoms with Crippen LogP contribution in [0.1, 0.15) is 48.5 Å². The molecule has 0 aromatic heterocycles. The second-order valence-corrected chi connectivity index (χ2v) is 5.88. The number of hydrogen-bond acceptors (Lipinski definition) is 2. The number of aryl methyl sites for hydroxylation is 1. The van der Waals surface area contributed by atoms with Gasteiger partial charge in [-0.05, 0) is 37.3 Å². The number of nitrogen functional groups attached to an aromatic ring is 1. The number of amides is 1. The van der Waals surface area contributed by atoms with Crippen LogP contribution >= 0.6 is 0 Å². The molecule has 0 heterocycles. The Balaban J connectivity index is 2.16. The largest absolute Gasteiger partial charge is 0.398 e. The fraction of sp³-hybridized carbons (Fsp3) is 0.562. The summed E-state index contributed by atoms with van der Waals surface area (Å²) in [4.78, 5) is 14.5. The molecule has 0 spiro atoms. The molecule has 104 valence electrons. The van der Waals surface area contributed by atoms with Crippen molar-refractivity contribution < 1.29 is 4.79 Å². The highest BCUT2D eigenvalue weighted by molar-refractivity contribution is 5.99. The summed E-state index contributed by atoms with van der Waals surface area (Å²) in [5.41, 5.74) is 8.25. The smallest absolute Gasteiger partial charge is 0.255 e. The lowest BCUT2D eigenvalue weighted by molar-refractivity contribution is 0.0673. The molecule has 2 unspecified atom stereocenters. The first kappa shape index (κ1) is 13.9. The topological polar surface area (TPSA) is 46.3 Å². The Bertz CT molecular complexity index is 470. The van der Waals surface area contributed by atoms with Crippen LogP contribution in [0.25, 0.3) is 0 Å². The minimum atomic E-state index is 0.0558. The molecule has 3 heteroatoms. The molecule has 3 nitrogen and oxygen atoms in total. The summed E-state index contributed by atoms with van der Waals surface area (Å²) in [6.07, 6.45) is 4.71. The number of carbonyl (C=O) groups excluding carboxylic acids is 1. The average Bonchev–Trinajstić information content (AvgIpc) is 2.40. The first-order chi connectivity index (χ1) is 9.00. The van der Waals surface area contributed by atoms with Gasteiger partial charge in [0.05, 0.1) is 5.56 Å². The Hall–Kier alpha value is -1.51. The summed E-state index contributed by atoms with van der Waals surface area (Å²) in [5, 5.41) is 0. The van der Waals surface area contributed by atoms with Crippen molar-refractivity contribution in [1.82, 2.24) is 4.90 Å². The maximum atomic E-state index is 12.6. The third-order valence-corrected chi connectivity index (χ3v) is 4.33. The van der Waals surface area contributed by atoms with Crippen molar-refractivity contribution in [2.24, 2.45) is 5.92 Å². The van der Waals surface area contributed by atoms with Crippen molar-refractivity contribution in [1.29, 1.82) is 0 Å². The zero-order valence-corrected chi connectivity index (χ0v) is 12.1. The minimum Gasteiger partial charge on any atom is -0.398 e. The molecule has 0 aliphatic heterocycles. The molecule has 1 aliphatic rings. The van der Waals surface area contributed by atoms with Crippen LogP contribution in [0.5, 0.6) is 0 Å². The minimum absolute atomic E-state index is 0.0558. The molecule has 1 aromatic rings. The number of para-hydroxylation sites is 1. The Kier molecular flexibility index (Phi) is 4.13. The van der Waals surface area contributed by atoms with Crippen molar-refractivity contribution in [2.75, 3.05) is 12.8 Å². The lowest BCUT2D eigenvalue weighted by atomic mass is 9.86. The van der Waals surface area contributed by atoms with Gasteiger partial charge >= 0.3 is 0 Å². The van der Waals surface area contributed by atoms with Gasteiger partial charge in [-0.2, -0.15) is 0 Å². The second-order valence-electron chi connectivity index (χ2n) is 5.88. The molecular weight excluding hydrogens is 236 g/mol. The van der Waals surface area contributed by atoms with Gasteiger partial charge in [-0.25, -0.2) is 0 Å². The van der Waals surface area contributed by atoms with Crippen LogP contribution in [-0.4, -0.2) is 23.9 Å². The van der Waals surface area contributed by atoms with Crippen molar-refractivity contribution in [3.05, 3.63) is 29.3 Å². The normalized spacial score (nSPS) is 23.1. The second kappa shape index (κ2) is 5.64. The van der Waals surface area contributed by atoms with Crippen LogP contribution in [0.15, 0.2) is 18.2 Å². The van der Waals surface area contributed by atoms with Gasteiger partial charge in [-0.15, -0.1) is 0 Å². The van der Waals surface area contributed by atoms with Crippen LogP contribution in [0, 0.1) is 12.8 Å². The number of anilines is 1. The summed E-state index contributed by atoms with van der Waals surface area (Å²) < 4.78 is 0. The molecular formula is C16H24N2O. The molecule has 2 N–H and O–H groups in total. The third-order valence-electron chi connectivity index (χ3n) is 4.33. The summed E-state index contributed by atoms with van der Waals surface area (Å²) in [6.45, 7) is 4.21. The van der Waals surface area contributed by atoms with E-state index in [1.54, 1.807) is 0 Å². The predicted molar refractivity (Wildman–Crippen MR) is 79.1 cm³/mol. The average molecular weight is 260 g/mol. The van der Waals surface area contributed by atoms with Crippen LogP contribution in [-0.2, 0) is 0 Å². The van der Waals surface area contributed by atoms with E-state index < -0.39 is 0 Å². The van der Waals surface area contributed by atoms with Crippen LogP contribution < -0.4 is 5.73 Å². The molecule has 0 radical (unpaired) electrons. The molecule has 0 bridgehead atoms. The highest BCUT2D eigenvalue weighted by atomic mass is 16.2. The molecule has 2 rings (SSSR count). The molecule has 1 aromatic carbocycles. The predicted octanol–water partition coefficient (Wildman–Crippen LogP) is 3.23. The van der Waals surface area contributed by atoms with Crippen molar-refractivity contribution in [2.45, 2.75) is 45.6 Å². The van der Waals surface area contributed by atoms with Gasteiger partial charge in [0.25, 0.3) is 5.91 Å². The maximum absolute atomic E-state index is 12.6. The van der Waals surface area contributed by atoms with Crippen molar-refractivity contribution in [3.8, 4) is 0 Å². The van der Waals surface area contributed by atoms with E-state index in [2.05, 4.69) is 6.92 Å². The Morgan fingerprint density at radius 3 is 2.79 bits per heavy atom. The zero-order valence-electron chi connectivity index (χ0n) is 12.1. The number of nitrogens with zero attached hydrogens (tertiary/aromatic N) is 1. The van der Waals surface area contributed by atoms with Gasteiger partial charge in [0.2, 0.25) is 0 Å². The molecule has 1 amide bonds. The van der Waals surface area contributed by atoms with E-state index in [1.165, 1.54) is 12.8 Å².